The predicted octanol–water partition coefficient (Wildman–Crippen LogP) is 4.97. The largest absolute Gasteiger partial charge is 0.497 e. The van der Waals surface area contributed by atoms with Crippen molar-refractivity contribution in [2.45, 2.75) is 38.6 Å². The van der Waals surface area contributed by atoms with E-state index in [1.807, 2.05) is 31.2 Å². The predicted molar refractivity (Wildman–Crippen MR) is 104 cm³/mol. The molecule has 0 saturated heterocycles. The van der Waals surface area contributed by atoms with E-state index in [1.54, 1.807) is 31.4 Å². The minimum atomic E-state index is -0.0708. The van der Waals surface area contributed by atoms with Gasteiger partial charge in [0, 0.05) is 23.4 Å². The number of methoxy groups -OCH3 is 1. The fourth-order valence-electron chi connectivity index (χ4n) is 2.74. The van der Waals surface area contributed by atoms with Crippen molar-refractivity contribution in [2.24, 2.45) is 0 Å². The molecule has 0 aromatic heterocycles. The molecule has 0 saturated carbocycles. The molecule has 1 atom stereocenters. The van der Waals surface area contributed by atoms with Gasteiger partial charge in [-0.1, -0.05) is 30.7 Å². The Labute approximate surface area is 159 Å². The molecule has 0 spiro atoms. The average Bonchev–Trinajstić information content (AvgIpc) is 2.66. The first-order valence-electron chi connectivity index (χ1n) is 8.75. The van der Waals surface area contributed by atoms with Crippen LogP contribution in [-0.2, 0) is 4.79 Å². The Morgan fingerprint density at radius 1 is 1.12 bits per heavy atom. The number of hydrogen-bond donors (Lipinski definition) is 1. The van der Waals surface area contributed by atoms with E-state index in [9.17, 15) is 9.59 Å². The van der Waals surface area contributed by atoms with Crippen molar-refractivity contribution >= 4 is 23.3 Å². The van der Waals surface area contributed by atoms with Crippen LogP contribution in [0.3, 0.4) is 0 Å². The van der Waals surface area contributed by atoms with E-state index >= 15 is 0 Å². The van der Waals surface area contributed by atoms with Crippen molar-refractivity contribution in [3.8, 4) is 5.75 Å². The van der Waals surface area contributed by atoms with E-state index in [0.717, 1.165) is 12.0 Å². The Balaban J connectivity index is 1.81. The van der Waals surface area contributed by atoms with Gasteiger partial charge in [0.15, 0.2) is 5.78 Å². The highest BCUT2D eigenvalue weighted by Gasteiger charge is 2.14. The van der Waals surface area contributed by atoms with Crippen molar-refractivity contribution in [2.75, 3.05) is 7.11 Å². The molecule has 0 bridgehead atoms. The minimum absolute atomic E-state index is 0.0299. The lowest BCUT2D eigenvalue weighted by Gasteiger charge is -2.17. The SMILES string of the molecule is CCC(NC(=O)CCCC(=O)c1ccc(OC)cc1)c1cccc(Cl)c1. The summed E-state index contributed by atoms with van der Waals surface area (Å²) < 4.78 is 5.08. The molecular formula is C21H24ClNO3. The fourth-order valence-corrected chi connectivity index (χ4v) is 2.94. The molecule has 0 aliphatic rings. The Morgan fingerprint density at radius 3 is 2.46 bits per heavy atom. The molecule has 1 unspecified atom stereocenters. The van der Waals surface area contributed by atoms with Crippen LogP contribution in [-0.4, -0.2) is 18.8 Å². The van der Waals surface area contributed by atoms with Gasteiger partial charge in [-0.2, -0.15) is 0 Å². The summed E-state index contributed by atoms with van der Waals surface area (Å²) in [7, 11) is 1.59. The van der Waals surface area contributed by atoms with Crippen molar-refractivity contribution in [1.82, 2.24) is 5.32 Å². The third-order valence-electron chi connectivity index (χ3n) is 4.21. The molecule has 5 heteroatoms. The van der Waals surface area contributed by atoms with Crippen LogP contribution in [0, 0.1) is 0 Å². The number of Topliss-reactive ketones (excluding diaryl/α,β-unsaturated/α-hetero) is 1. The molecule has 26 heavy (non-hydrogen) atoms. The van der Waals surface area contributed by atoms with Crippen LogP contribution in [0.15, 0.2) is 48.5 Å². The number of nitrogens with one attached hydrogen (secondary N) is 1. The van der Waals surface area contributed by atoms with Crippen LogP contribution < -0.4 is 10.1 Å². The van der Waals surface area contributed by atoms with E-state index < -0.39 is 0 Å². The molecule has 0 radical (unpaired) electrons. The van der Waals surface area contributed by atoms with Gasteiger partial charge in [-0.25, -0.2) is 0 Å². The van der Waals surface area contributed by atoms with Gasteiger partial charge in [-0.3, -0.25) is 9.59 Å². The summed E-state index contributed by atoms with van der Waals surface area (Å²) in [4.78, 5) is 24.4. The summed E-state index contributed by atoms with van der Waals surface area (Å²) in [5.74, 6) is 0.689. The number of carbonyl (C=O) groups is 2. The Kier molecular flexibility index (Phi) is 7.67. The second kappa shape index (κ2) is 9.97. The van der Waals surface area contributed by atoms with Gasteiger partial charge in [0.05, 0.1) is 13.2 Å². The Hall–Kier alpha value is -2.33. The highest BCUT2D eigenvalue weighted by Crippen LogP contribution is 2.20. The summed E-state index contributed by atoms with van der Waals surface area (Å²) in [5.41, 5.74) is 1.62. The normalized spacial score (nSPS) is 11.7. The summed E-state index contributed by atoms with van der Waals surface area (Å²) >= 11 is 6.02. The van der Waals surface area contributed by atoms with Gasteiger partial charge in [-0.05, 0) is 54.8 Å². The molecule has 0 heterocycles. The van der Waals surface area contributed by atoms with Gasteiger partial charge >= 0.3 is 0 Å². The third kappa shape index (κ3) is 5.88. The van der Waals surface area contributed by atoms with Gasteiger partial charge in [0.25, 0.3) is 0 Å². The maximum atomic E-state index is 12.2. The molecule has 0 fully saturated rings. The molecule has 2 aromatic rings. The first kappa shape index (κ1) is 20.0. The summed E-state index contributed by atoms with van der Waals surface area (Å²) in [6.07, 6.45) is 1.95. The van der Waals surface area contributed by atoms with Crippen LogP contribution in [0.1, 0.15) is 54.6 Å². The summed E-state index contributed by atoms with van der Waals surface area (Å²) in [6, 6.07) is 14.4. The maximum Gasteiger partial charge on any atom is 0.220 e. The highest BCUT2D eigenvalue weighted by molar-refractivity contribution is 6.30. The number of benzene rings is 2. The zero-order chi connectivity index (χ0) is 18.9. The smallest absolute Gasteiger partial charge is 0.220 e. The van der Waals surface area contributed by atoms with E-state index in [0.29, 0.717) is 35.6 Å². The number of ketones is 1. The standard InChI is InChI=1S/C21H24ClNO3/c1-3-19(16-6-4-7-17(22)14-16)23-21(25)9-5-8-20(24)15-10-12-18(26-2)13-11-15/h4,6-7,10-14,19H,3,5,8-9H2,1-2H3,(H,23,25). The van der Waals surface area contributed by atoms with Crippen molar-refractivity contribution in [3.05, 3.63) is 64.7 Å². The number of carbonyl (C=O) groups excluding carboxylic acids is 2. The molecule has 138 valence electrons. The van der Waals surface area contributed by atoms with Crippen molar-refractivity contribution in [1.29, 1.82) is 0 Å². The lowest BCUT2D eigenvalue weighted by Crippen LogP contribution is -2.28. The number of ether oxygens (including phenoxy) is 1. The number of amides is 1. The van der Waals surface area contributed by atoms with Crippen molar-refractivity contribution < 1.29 is 14.3 Å². The number of hydrogen-bond acceptors (Lipinski definition) is 3. The highest BCUT2D eigenvalue weighted by atomic mass is 35.5. The average molecular weight is 374 g/mol. The molecule has 0 aliphatic heterocycles. The second-order valence-electron chi connectivity index (χ2n) is 6.09. The van der Waals surface area contributed by atoms with Gasteiger partial charge in [0.2, 0.25) is 5.91 Å². The van der Waals surface area contributed by atoms with E-state index in [2.05, 4.69) is 5.32 Å². The molecule has 0 aliphatic carbocycles. The summed E-state index contributed by atoms with van der Waals surface area (Å²) in [6.45, 7) is 2.01. The zero-order valence-electron chi connectivity index (χ0n) is 15.1. The van der Waals surface area contributed by atoms with Crippen LogP contribution in [0.2, 0.25) is 5.02 Å². The van der Waals surface area contributed by atoms with E-state index in [-0.39, 0.29) is 17.7 Å². The molecule has 1 amide bonds. The zero-order valence-corrected chi connectivity index (χ0v) is 15.9. The van der Waals surface area contributed by atoms with Gasteiger partial charge in [0.1, 0.15) is 5.75 Å². The second-order valence-corrected chi connectivity index (χ2v) is 6.53. The quantitative estimate of drug-likeness (QED) is 0.631. The molecule has 2 rings (SSSR count). The maximum absolute atomic E-state index is 12.2. The van der Waals surface area contributed by atoms with Crippen LogP contribution >= 0.6 is 11.6 Å². The third-order valence-corrected chi connectivity index (χ3v) is 4.45. The fraction of sp³-hybridized carbons (Fsp3) is 0.333. The van der Waals surface area contributed by atoms with Crippen LogP contribution in [0.5, 0.6) is 5.75 Å². The van der Waals surface area contributed by atoms with Gasteiger partial charge < -0.3 is 10.1 Å². The lowest BCUT2D eigenvalue weighted by molar-refractivity contribution is -0.121. The molecular weight excluding hydrogens is 350 g/mol. The first-order chi connectivity index (χ1) is 12.5. The van der Waals surface area contributed by atoms with Gasteiger partial charge in [-0.15, -0.1) is 0 Å². The van der Waals surface area contributed by atoms with E-state index in [1.165, 1.54) is 0 Å². The lowest BCUT2D eigenvalue weighted by atomic mass is 10.0. The Morgan fingerprint density at radius 2 is 1.85 bits per heavy atom. The number of rotatable bonds is 9. The van der Waals surface area contributed by atoms with Crippen LogP contribution in [0.4, 0.5) is 0 Å². The monoisotopic (exact) mass is 373 g/mol. The van der Waals surface area contributed by atoms with E-state index in [4.69, 9.17) is 16.3 Å². The topological polar surface area (TPSA) is 55.4 Å². The Bertz CT molecular complexity index is 743. The molecule has 1 N–H and O–H groups in total. The van der Waals surface area contributed by atoms with Crippen molar-refractivity contribution in [3.63, 3.8) is 0 Å². The minimum Gasteiger partial charge on any atom is -0.497 e. The first-order valence-corrected chi connectivity index (χ1v) is 9.13. The van der Waals surface area contributed by atoms with Crippen LogP contribution in [0.25, 0.3) is 0 Å². The molecule has 2 aromatic carbocycles. The molecule has 4 nitrogen and oxygen atoms in total. The number of halogens is 1. The summed E-state index contributed by atoms with van der Waals surface area (Å²) in [5, 5.41) is 3.67.